The summed E-state index contributed by atoms with van der Waals surface area (Å²) in [7, 11) is 0. The van der Waals surface area contributed by atoms with Gasteiger partial charge < -0.3 is 0 Å². The molecule has 1 heterocycles. The van der Waals surface area contributed by atoms with Crippen LogP contribution in [0.4, 0.5) is 0 Å². The molecule has 0 amide bonds. The Kier molecular flexibility index (Phi) is 3.76. The molecule has 1 N–H and O–H groups in total. The number of allylic oxidation sites excluding steroid dienone is 1. The summed E-state index contributed by atoms with van der Waals surface area (Å²) in [6, 6.07) is 7.71. The highest BCUT2D eigenvalue weighted by Gasteiger charge is 2.05. The minimum absolute atomic E-state index is 0.619. The Labute approximate surface area is 110 Å². The maximum absolute atomic E-state index is 5.84. The summed E-state index contributed by atoms with van der Waals surface area (Å²) in [5.41, 5.74) is 1.15. The van der Waals surface area contributed by atoms with Gasteiger partial charge in [-0.1, -0.05) is 29.8 Å². The zero-order chi connectivity index (χ0) is 12.3. The lowest BCUT2D eigenvalue weighted by Crippen LogP contribution is -2.03. The lowest BCUT2D eigenvalue weighted by atomic mass is 10.1. The third kappa shape index (κ3) is 2.84. The maximum atomic E-state index is 5.84. The van der Waals surface area contributed by atoms with Crippen LogP contribution in [-0.2, 0) is 13.0 Å². The Hall–Kier alpha value is -1.39. The molecule has 0 aliphatic heterocycles. The van der Waals surface area contributed by atoms with Crippen LogP contribution in [0.25, 0.3) is 0 Å². The van der Waals surface area contributed by atoms with Gasteiger partial charge in [-0.3, -0.25) is 9.67 Å². The molecule has 0 spiro atoms. The number of aromatic amines is 1. The average Bonchev–Trinajstić information content (AvgIpc) is 2.65. The highest BCUT2D eigenvalue weighted by Crippen LogP contribution is 2.12. The molecule has 0 aliphatic carbocycles. The topological polar surface area (TPSA) is 33.6 Å². The van der Waals surface area contributed by atoms with E-state index in [9.17, 15) is 0 Å². The Balaban J connectivity index is 2.26. The molecule has 0 unspecified atom stereocenters. The second kappa shape index (κ2) is 5.29. The fourth-order valence-corrected chi connectivity index (χ4v) is 1.94. The van der Waals surface area contributed by atoms with E-state index in [4.69, 9.17) is 23.8 Å². The molecule has 2 aromatic rings. The zero-order valence-electron chi connectivity index (χ0n) is 9.19. The molecule has 1 aromatic carbocycles. The summed E-state index contributed by atoms with van der Waals surface area (Å²) in [5, 5.41) is 7.75. The predicted molar refractivity (Wildman–Crippen MR) is 71.9 cm³/mol. The second-order valence-corrected chi connectivity index (χ2v) is 4.47. The molecule has 0 radical (unpaired) electrons. The van der Waals surface area contributed by atoms with Gasteiger partial charge in [0.2, 0.25) is 0 Å². The number of H-pyrrole nitrogens is 1. The highest BCUT2D eigenvalue weighted by molar-refractivity contribution is 7.71. The van der Waals surface area contributed by atoms with Crippen LogP contribution in [0.1, 0.15) is 11.4 Å². The van der Waals surface area contributed by atoms with Gasteiger partial charge in [0, 0.05) is 18.0 Å². The first kappa shape index (κ1) is 12.1. The number of aromatic nitrogens is 3. The SMILES string of the molecule is C=CCn1c(Cc2ccc(Cl)cc2)n[nH]c1=S. The first-order chi connectivity index (χ1) is 8.20. The minimum Gasteiger partial charge on any atom is -0.300 e. The maximum Gasteiger partial charge on any atom is 0.195 e. The van der Waals surface area contributed by atoms with Crippen LogP contribution in [0.5, 0.6) is 0 Å². The van der Waals surface area contributed by atoms with Crippen LogP contribution in [0.3, 0.4) is 0 Å². The van der Waals surface area contributed by atoms with Gasteiger partial charge in [0.25, 0.3) is 0 Å². The van der Waals surface area contributed by atoms with Crippen LogP contribution in [0.15, 0.2) is 36.9 Å². The van der Waals surface area contributed by atoms with E-state index in [0.717, 1.165) is 22.8 Å². The van der Waals surface area contributed by atoms with Gasteiger partial charge in [-0.25, -0.2) is 0 Å². The molecule has 0 atom stereocenters. The van der Waals surface area contributed by atoms with Gasteiger partial charge in [0.15, 0.2) is 4.77 Å². The lowest BCUT2D eigenvalue weighted by Gasteiger charge is -2.03. The number of hydrogen-bond acceptors (Lipinski definition) is 2. The number of benzene rings is 1. The van der Waals surface area contributed by atoms with Crippen molar-refractivity contribution in [2.24, 2.45) is 0 Å². The largest absolute Gasteiger partial charge is 0.300 e. The number of halogens is 1. The van der Waals surface area contributed by atoms with Crippen molar-refractivity contribution in [3.8, 4) is 0 Å². The quantitative estimate of drug-likeness (QED) is 0.679. The molecule has 0 bridgehead atoms. The summed E-state index contributed by atoms with van der Waals surface area (Å²) in [6.07, 6.45) is 2.52. The molecule has 0 saturated heterocycles. The third-order valence-electron chi connectivity index (χ3n) is 2.42. The number of hydrogen-bond donors (Lipinski definition) is 1. The average molecular weight is 266 g/mol. The molecule has 1 aromatic heterocycles. The van der Waals surface area contributed by atoms with Crippen LogP contribution in [-0.4, -0.2) is 14.8 Å². The standard InChI is InChI=1S/C12H12ClN3S/c1-2-7-16-11(14-15-12(16)17)8-9-3-5-10(13)6-4-9/h2-6H,1,7-8H2,(H,15,17). The normalized spacial score (nSPS) is 10.4. The van der Waals surface area contributed by atoms with Crippen molar-refractivity contribution in [2.45, 2.75) is 13.0 Å². The first-order valence-electron chi connectivity index (χ1n) is 5.20. The van der Waals surface area contributed by atoms with Gasteiger partial charge in [-0.05, 0) is 29.9 Å². The number of rotatable bonds is 4. The van der Waals surface area contributed by atoms with Crippen molar-refractivity contribution in [1.29, 1.82) is 0 Å². The summed E-state index contributed by atoms with van der Waals surface area (Å²) < 4.78 is 2.55. The predicted octanol–water partition coefficient (Wildman–Crippen LogP) is 3.37. The molecule has 2 rings (SSSR count). The summed E-state index contributed by atoms with van der Waals surface area (Å²) >= 11 is 11.0. The van der Waals surface area contributed by atoms with E-state index in [2.05, 4.69) is 16.8 Å². The zero-order valence-corrected chi connectivity index (χ0v) is 10.8. The summed E-state index contributed by atoms with van der Waals surface area (Å²) in [6.45, 7) is 4.38. The van der Waals surface area contributed by atoms with Crippen LogP contribution < -0.4 is 0 Å². The fraction of sp³-hybridized carbons (Fsp3) is 0.167. The molecule has 0 aliphatic rings. The smallest absolute Gasteiger partial charge is 0.195 e. The molecule has 17 heavy (non-hydrogen) atoms. The van der Waals surface area contributed by atoms with Crippen molar-refractivity contribution in [3.63, 3.8) is 0 Å². The third-order valence-corrected chi connectivity index (χ3v) is 2.99. The lowest BCUT2D eigenvalue weighted by molar-refractivity contribution is 0.749. The van der Waals surface area contributed by atoms with Crippen LogP contribution >= 0.6 is 23.8 Å². The molecule has 5 heteroatoms. The van der Waals surface area contributed by atoms with Gasteiger partial charge in [-0.2, -0.15) is 5.10 Å². The van der Waals surface area contributed by atoms with Gasteiger partial charge in [0.1, 0.15) is 5.82 Å². The van der Waals surface area contributed by atoms with Crippen molar-refractivity contribution < 1.29 is 0 Å². The first-order valence-corrected chi connectivity index (χ1v) is 5.98. The number of nitrogens with zero attached hydrogens (tertiary/aromatic N) is 2. The van der Waals surface area contributed by atoms with E-state index >= 15 is 0 Å². The second-order valence-electron chi connectivity index (χ2n) is 3.65. The molecule has 3 nitrogen and oxygen atoms in total. The Morgan fingerprint density at radius 1 is 1.41 bits per heavy atom. The molecular formula is C12H12ClN3S. The van der Waals surface area contributed by atoms with E-state index in [1.807, 2.05) is 28.8 Å². The molecule has 0 fully saturated rings. The van der Waals surface area contributed by atoms with Crippen molar-refractivity contribution in [3.05, 3.63) is 58.1 Å². The molecular weight excluding hydrogens is 254 g/mol. The Bertz CT molecular complexity index is 568. The van der Waals surface area contributed by atoms with E-state index in [0.29, 0.717) is 11.3 Å². The van der Waals surface area contributed by atoms with Gasteiger partial charge >= 0.3 is 0 Å². The number of nitrogens with one attached hydrogen (secondary N) is 1. The van der Waals surface area contributed by atoms with Gasteiger partial charge in [0.05, 0.1) is 0 Å². The van der Waals surface area contributed by atoms with E-state index in [1.54, 1.807) is 6.08 Å². The van der Waals surface area contributed by atoms with Crippen molar-refractivity contribution in [2.75, 3.05) is 0 Å². The monoisotopic (exact) mass is 265 g/mol. The van der Waals surface area contributed by atoms with E-state index < -0.39 is 0 Å². The fourth-order valence-electron chi connectivity index (χ4n) is 1.59. The molecule has 0 saturated carbocycles. The van der Waals surface area contributed by atoms with Crippen LogP contribution in [0.2, 0.25) is 5.02 Å². The van der Waals surface area contributed by atoms with Crippen LogP contribution in [0, 0.1) is 4.77 Å². The van der Waals surface area contributed by atoms with E-state index in [-0.39, 0.29) is 0 Å². The Morgan fingerprint density at radius 2 is 2.12 bits per heavy atom. The molecule has 88 valence electrons. The van der Waals surface area contributed by atoms with Crippen molar-refractivity contribution >= 4 is 23.8 Å². The summed E-state index contributed by atoms with van der Waals surface area (Å²) in [5.74, 6) is 0.900. The minimum atomic E-state index is 0.619. The highest BCUT2D eigenvalue weighted by atomic mass is 35.5. The Morgan fingerprint density at radius 3 is 2.76 bits per heavy atom. The van der Waals surface area contributed by atoms with Gasteiger partial charge in [-0.15, -0.1) is 6.58 Å². The van der Waals surface area contributed by atoms with Crippen molar-refractivity contribution in [1.82, 2.24) is 14.8 Å². The van der Waals surface area contributed by atoms with E-state index in [1.165, 1.54) is 0 Å². The summed E-state index contributed by atoms with van der Waals surface area (Å²) in [4.78, 5) is 0.